The van der Waals surface area contributed by atoms with Gasteiger partial charge in [-0.3, -0.25) is 0 Å². The van der Waals surface area contributed by atoms with Crippen LogP contribution in [0.4, 0.5) is 0 Å². The van der Waals surface area contributed by atoms with Crippen LogP contribution in [0.5, 0.6) is 0 Å². The van der Waals surface area contributed by atoms with Crippen molar-refractivity contribution in [2.45, 2.75) is 25.8 Å². The second-order valence-electron chi connectivity index (χ2n) is 4.01. The maximum absolute atomic E-state index is 5.97. The van der Waals surface area contributed by atoms with Crippen LogP contribution in [-0.2, 0) is 0 Å². The van der Waals surface area contributed by atoms with Crippen molar-refractivity contribution in [1.29, 1.82) is 0 Å². The molecular formula is C9H12BrNS. The molecule has 0 saturated heterocycles. The van der Waals surface area contributed by atoms with Crippen LogP contribution in [0.1, 0.15) is 25.3 Å². The molecule has 0 bridgehead atoms. The van der Waals surface area contributed by atoms with E-state index < -0.39 is 0 Å². The summed E-state index contributed by atoms with van der Waals surface area (Å²) in [7, 11) is 0. The molecule has 2 rings (SSSR count). The lowest BCUT2D eigenvalue weighted by Crippen LogP contribution is -2.06. The fraction of sp³-hybridized carbons (Fsp3) is 0.556. The normalized spacial score (nSPS) is 32.0. The Morgan fingerprint density at radius 2 is 2.17 bits per heavy atom. The molecule has 1 fully saturated rings. The quantitative estimate of drug-likeness (QED) is 0.810. The first kappa shape index (κ1) is 8.73. The summed E-state index contributed by atoms with van der Waals surface area (Å²) in [5, 5.41) is 2.20. The molecular weight excluding hydrogens is 234 g/mol. The molecule has 3 heteroatoms. The third-order valence-electron chi connectivity index (χ3n) is 2.86. The Morgan fingerprint density at radius 1 is 1.58 bits per heavy atom. The average Bonchev–Trinajstić information content (AvgIpc) is 2.38. The number of halogens is 1. The van der Waals surface area contributed by atoms with Crippen molar-refractivity contribution in [2.24, 2.45) is 11.1 Å². The lowest BCUT2D eigenvalue weighted by Gasteiger charge is -1.97. The minimum atomic E-state index is 0.306. The molecule has 0 radical (unpaired) electrons. The average molecular weight is 246 g/mol. The molecule has 1 saturated carbocycles. The zero-order valence-corrected chi connectivity index (χ0v) is 9.58. The van der Waals surface area contributed by atoms with Crippen LogP contribution in [0, 0.1) is 5.41 Å². The summed E-state index contributed by atoms with van der Waals surface area (Å²) in [5.74, 6) is 0.569. The first-order valence-electron chi connectivity index (χ1n) is 4.03. The standard InChI is InChI=1S/C9H12BrNS/c1-9(2)7(8(9)11)5-3-6(10)12-4-5/h3-4,7-8H,11H2,1-2H3/t7-,8-/m1/s1. The van der Waals surface area contributed by atoms with Crippen LogP contribution in [0.15, 0.2) is 15.2 Å². The lowest BCUT2D eigenvalue weighted by atomic mass is 10.1. The van der Waals surface area contributed by atoms with E-state index in [1.165, 1.54) is 9.35 Å². The lowest BCUT2D eigenvalue weighted by molar-refractivity contribution is 0.599. The second-order valence-corrected chi connectivity index (χ2v) is 6.30. The second kappa shape index (κ2) is 2.56. The minimum absolute atomic E-state index is 0.306. The molecule has 0 spiro atoms. The molecule has 1 aliphatic carbocycles. The molecule has 0 amide bonds. The van der Waals surface area contributed by atoms with Gasteiger partial charge >= 0.3 is 0 Å². The summed E-state index contributed by atoms with van der Waals surface area (Å²) in [4.78, 5) is 0. The molecule has 1 heterocycles. The number of rotatable bonds is 1. The highest BCUT2D eigenvalue weighted by molar-refractivity contribution is 9.11. The van der Waals surface area contributed by atoms with E-state index in [0.717, 1.165) is 0 Å². The van der Waals surface area contributed by atoms with Crippen molar-refractivity contribution in [3.05, 3.63) is 20.8 Å². The number of hydrogen-bond donors (Lipinski definition) is 1. The van der Waals surface area contributed by atoms with Gasteiger partial charge in [0, 0.05) is 12.0 Å². The van der Waals surface area contributed by atoms with Crippen LogP contribution in [-0.4, -0.2) is 6.04 Å². The molecule has 0 aromatic carbocycles. The summed E-state index contributed by atoms with van der Waals surface area (Å²) < 4.78 is 1.20. The zero-order valence-electron chi connectivity index (χ0n) is 7.17. The van der Waals surface area contributed by atoms with Gasteiger partial charge in [-0.25, -0.2) is 0 Å². The van der Waals surface area contributed by atoms with Crippen molar-refractivity contribution in [2.75, 3.05) is 0 Å². The van der Waals surface area contributed by atoms with Crippen molar-refractivity contribution < 1.29 is 0 Å². The maximum Gasteiger partial charge on any atom is 0.0701 e. The first-order chi connectivity index (χ1) is 5.53. The highest BCUT2D eigenvalue weighted by Crippen LogP contribution is 2.58. The van der Waals surface area contributed by atoms with Crippen molar-refractivity contribution >= 4 is 27.3 Å². The van der Waals surface area contributed by atoms with Crippen molar-refractivity contribution in [3.63, 3.8) is 0 Å². The molecule has 1 nitrogen and oxygen atoms in total. The summed E-state index contributed by atoms with van der Waals surface area (Å²) >= 11 is 5.20. The molecule has 1 aliphatic rings. The van der Waals surface area contributed by atoms with Gasteiger partial charge in [-0.15, -0.1) is 11.3 Å². The molecule has 1 aromatic rings. The van der Waals surface area contributed by atoms with Gasteiger partial charge in [0.1, 0.15) is 0 Å². The number of hydrogen-bond acceptors (Lipinski definition) is 2. The maximum atomic E-state index is 5.97. The summed E-state index contributed by atoms with van der Waals surface area (Å²) in [6, 6.07) is 2.53. The van der Waals surface area contributed by atoms with E-state index in [-0.39, 0.29) is 0 Å². The predicted octanol–water partition coefficient (Wildman–Crippen LogP) is 2.96. The molecule has 2 atom stereocenters. The summed E-state index contributed by atoms with van der Waals surface area (Å²) in [6.45, 7) is 4.46. The molecule has 0 aliphatic heterocycles. The SMILES string of the molecule is CC1(C)[C@H](N)[C@H]1c1csc(Br)c1. The number of thiophene rings is 1. The Morgan fingerprint density at radius 3 is 2.50 bits per heavy atom. The third-order valence-corrected chi connectivity index (χ3v) is 4.38. The van der Waals surface area contributed by atoms with Crippen LogP contribution in [0.2, 0.25) is 0 Å². The largest absolute Gasteiger partial charge is 0.327 e. The van der Waals surface area contributed by atoms with E-state index in [1.807, 2.05) is 0 Å². The molecule has 0 unspecified atom stereocenters. The van der Waals surface area contributed by atoms with Crippen LogP contribution >= 0.6 is 27.3 Å². The first-order valence-corrected chi connectivity index (χ1v) is 5.70. The monoisotopic (exact) mass is 245 g/mol. The van der Waals surface area contributed by atoms with E-state index in [0.29, 0.717) is 17.4 Å². The van der Waals surface area contributed by atoms with Gasteiger partial charge in [0.15, 0.2) is 0 Å². The fourth-order valence-electron chi connectivity index (χ4n) is 1.80. The Kier molecular flexibility index (Phi) is 1.86. The van der Waals surface area contributed by atoms with Crippen molar-refractivity contribution in [3.8, 4) is 0 Å². The number of nitrogens with two attached hydrogens (primary N) is 1. The molecule has 1 aromatic heterocycles. The minimum Gasteiger partial charge on any atom is -0.327 e. The van der Waals surface area contributed by atoms with Crippen LogP contribution < -0.4 is 5.73 Å². The molecule has 2 N–H and O–H groups in total. The van der Waals surface area contributed by atoms with Crippen molar-refractivity contribution in [1.82, 2.24) is 0 Å². The highest BCUT2D eigenvalue weighted by atomic mass is 79.9. The van der Waals surface area contributed by atoms with Gasteiger partial charge in [0.25, 0.3) is 0 Å². The highest BCUT2D eigenvalue weighted by Gasteiger charge is 2.56. The van der Waals surface area contributed by atoms with E-state index in [2.05, 4.69) is 41.2 Å². The third kappa shape index (κ3) is 1.15. The van der Waals surface area contributed by atoms with E-state index in [1.54, 1.807) is 11.3 Å². The Hall–Kier alpha value is 0.140. The zero-order chi connectivity index (χ0) is 8.93. The van der Waals surface area contributed by atoms with Gasteiger partial charge in [0.05, 0.1) is 3.79 Å². The predicted molar refractivity (Wildman–Crippen MR) is 56.5 cm³/mol. The van der Waals surface area contributed by atoms with Crippen LogP contribution in [0.3, 0.4) is 0 Å². The smallest absolute Gasteiger partial charge is 0.0701 e. The Labute approximate surface area is 85.1 Å². The van der Waals surface area contributed by atoms with Gasteiger partial charge in [-0.1, -0.05) is 13.8 Å². The Balaban J connectivity index is 2.24. The van der Waals surface area contributed by atoms with Gasteiger partial charge in [-0.05, 0) is 38.4 Å². The summed E-state index contributed by atoms with van der Waals surface area (Å²) in [6.07, 6.45) is 0. The topological polar surface area (TPSA) is 26.0 Å². The van der Waals surface area contributed by atoms with E-state index in [9.17, 15) is 0 Å². The molecule has 66 valence electrons. The van der Waals surface area contributed by atoms with E-state index in [4.69, 9.17) is 5.73 Å². The summed E-state index contributed by atoms with van der Waals surface area (Å²) in [5.41, 5.74) is 7.67. The van der Waals surface area contributed by atoms with Gasteiger partial charge in [-0.2, -0.15) is 0 Å². The fourth-order valence-corrected chi connectivity index (χ4v) is 3.01. The van der Waals surface area contributed by atoms with E-state index >= 15 is 0 Å². The van der Waals surface area contributed by atoms with Gasteiger partial charge in [0.2, 0.25) is 0 Å². The Bertz CT molecular complexity index is 305. The van der Waals surface area contributed by atoms with Crippen LogP contribution in [0.25, 0.3) is 0 Å². The van der Waals surface area contributed by atoms with Gasteiger partial charge < -0.3 is 5.73 Å². The molecule has 12 heavy (non-hydrogen) atoms.